The molecule has 0 spiro atoms. The molecule has 1 saturated carbocycles. The van der Waals surface area contributed by atoms with Crippen LogP contribution < -0.4 is 0 Å². The molecule has 0 heterocycles. The molecule has 1 aliphatic rings. The van der Waals surface area contributed by atoms with Gasteiger partial charge in [0.15, 0.2) is 0 Å². The van der Waals surface area contributed by atoms with E-state index >= 15 is 0 Å². The van der Waals surface area contributed by atoms with Crippen LogP contribution in [-0.2, 0) is 4.79 Å². The minimum atomic E-state index is -0.855. The van der Waals surface area contributed by atoms with Crippen LogP contribution in [0.15, 0.2) is 0 Å². The van der Waals surface area contributed by atoms with E-state index in [-0.39, 0.29) is 18.1 Å². The maximum Gasteiger partial charge on any atom is 0.132 e. The molecule has 0 amide bonds. The summed E-state index contributed by atoms with van der Waals surface area (Å²) >= 11 is 0. The highest BCUT2D eigenvalue weighted by atomic mass is 19.1. The molecule has 0 aromatic rings. The lowest BCUT2D eigenvalue weighted by atomic mass is 9.80. The first-order valence-corrected chi connectivity index (χ1v) is 3.83. The first kappa shape index (κ1) is 7.70. The van der Waals surface area contributed by atoms with E-state index in [4.69, 9.17) is 0 Å². The Labute approximate surface area is 60.6 Å². The monoisotopic (exact) mass is 144 g/mol. The van der Waals surface area contributed by atoms with Crippen molar-refractivity contribution in [1.29, 1.82) is 0 Å². The number of hydrogen-bond acceptors (Lipinski definition) is 1. The van der Waals surface area contributed by atoms with E-state index in [1.54, 1.807) is 0 Å². The van der Waals surface area contributed by atoms with E-state index in [2.05, 4.69) is 0 Å². The van der Waals surface area contributed by atoms with Crippen molar-refractivity contribution < 1.29 is 9.18 Å². The minimum Gasteiger partial charge on any atom is -0.300 e. The molecular formula is C8H13FO. The lowest BCUT2D eigenvalue weighted by Gasteiger charge is -2.27. The van der Waals surface area contributed by atoms with E-state index in [1.165, 1.54) is 6.92 Å². The van der Waals surface area contributed by atoms with Crippen molar-refractivity contribution in [2.24, 2.45) is 5.92 Å². The van der Waals surface area contributed by atoms with Gasteiger partial charge >= 0.3 is 0 Å². The van der Waals surface area contributed by atoms with Crippen LogP contribution >= 0.6 is 0 Å². The fourth-order valence-corrected chi connectivity index (χ4v) is 1.24. The second kappa shape index (κ2) is 3.13. The Bertz CT molecular complexity index is 129. The normalized spacial score (nSPS) is 21.8. The van der Waals surface area contributed by atoms with E-state index in [1.807, 2.05) is 0 Å². The quantitative estimate of drug-likeness (QED) is 0.592. The summed E-state index contributed by atoms with van der Waals surface area (Å²) in [6, 6.07) is 0. The minimum absolute atomic E-state index is 0.0283. The Morgan fingerprint density at radius 1 is 1.70 bits per heavy atom. The Balaban J connectivity index is 2.19. The van der Waals surface area contributed by atoms with Gasteiger partial charge in [0.1, 0.15) is 12.0 Å². The standard InChI is InChI=1S/C8H13FO/c1-6(10)5-8(9)7-3-2-4-7/h7-8H,2-5H2,1H3. The molecule has 0 radical (unpaired) electrons. The summed E-state index contributed by atoms with van der Waals surface area (Å²) in [4.78, 5) is 10.5. The van der Waals surface area contributed by atoms with Gasteiger partial charge in [-0.05, 0) is 25.7 Å². The van der Waals surface area contributed by atoms with E-state index < -0.39 is 6.17 Å². The Hall–Kier alpha value is -0.400. The highest BCUT2D eigenvalue weighted by Crippen LogP contribution is 2.32. The summed E-state index contributed by atoms with van der Waals surface area (Å²) in [7, 11) is 0. The van der Waals surface area contributed by atoms with Crippen molar-refractivity contribution in [3.8, 4) is 0 Å². The molecule has 1 nitrogen and oxygen atoms in total. The van der Waals surface area contributed by atoms with Crippen LogP contribution in [0, 0.1) is 5.92 Å². The molecule has 1 unspecified atom stereocenters. The second-order valence-corrected chi connectivity index (χ2v) is 3.11. The number of carbonyl (C=O) groups is 1. The molecule has 10 heavy (non-hydrogen) atoms. The predicted octanol–water partition coefficient (Wildman–Crippen LogP) is 2.10. The number of Topliss-reactive ketones (excluding diaryl/α,β-unsaturated/α-hetero) is 1. The zero-order chi connectivity index (χ0) is 7.56. The molecule has 0 aromatic heterocycles. The van der Waals surface area contributed by atoms with Gasteiger partial charge in [0.2, 0.25) is 0 Å². The molecule has 0 saturated heterocycles. The average molecular weight is 144 g/mol. The van der Waals surface area contributed by atoms with Gasteiger partial charge < -0.3 is 0 Å². The third-order valence-corrected chi connectivity index (χ3v) is 2.14. The molecule has 1 aliphatic carbocycles. The third kappa shape index (κ3) is 1.79. The molecule has 1 rings (SSSR count). The van der Waals surface area contributed by atoms with E-state index in [9.17, 15) is 9.18 Å². The third-order valence-electron chi connectivity index (χ3n) is 2.14. The lowest BCUT2D eigenvalue weighted by Crippen LogP contribution is -2.24. The van der Waals surface area contributed by atoms with Crippen LogP contribution in [0.5, 0.6) is 0 Å². The molecule has 58 valence electrons. The van der Waals surface area contributed by atoms with Gasteiger partial charge in [0.25, 0.3) is 0 Å². The number of alkyl halides is 1. The van der Waals surface area contributed by atoms with E-state index in [0.717, 1.165) is 19.3 Å². The number of carbonyl (C=O) groups excluding carboxylic acids is 1. The van der Waals surface area contributed by atoms with Crippen molar-refractivity contribution in [2.75, 3.05) is 0 Å². The largest absolute Gasteiger partial charge is 0.300 e. The summed E-state index contributed by atoms with van der Waals surface area (Å²) in [6.45, 7) is 1.45. The highest BCUT2D eigenvalue weighted by Gasteiger charge is 2.27. The molecule has 0 aromatic carbocycles. The fourth-order valence-electron chi connectivity index (χ4n) is 1.24. The SMILES string of the molecule is CC(=O)CC(F)C1CCC1. The van der Waals surface area contributed by atoms with Crippen LogP contribution in [0.2, 0.25) is 0 Å². The number of halogens is 1. The number of ketones is 1. The van der Waals surface area contributed by atoms with Crippen LogP contribution in [-0.4, -0.2) is 12.0 Å². The zero-order valence-electron chi connectivity index (χ0n) is 6.27. The summed E-state index contributed by atoms with van der Waals surface area (Å²) in [5.41, 5.74) is 0. The summed E-state index contributed by atoms with van der Waals surface area (Å²) in [5, 5.41) is 0. The Morgan fingerprint density at radius 2 is 2.30 bits per heavy atom. The molecule has 0 aliphatic heterocycles. The summed E-state index contributed by atoms with van der Waals surface area (Å²) in [6.07, 6.45) is 2.38. The maximum atomic E-state index is 12.9. The summed E-state index contributed by atoms with van der Waals surface area (Å²) < 4.78 is 12.9. The van der Waals surface area contributed by atoms with Gasteiger partial charge in [0.05, 0.1) is 0 Å². The Kier molecular flexibility index (Phi) is 2.41. The average Bonchev–Trinajstić information content (AvgIpc) is 1.55. The van der Waals surface area contributed by atoms with Crippen LogP contribution in [0.25, 0.3) is 0 Å². The number of rotatable bonds is 3. The predicted molar refractivity (Wildman–Crippen MR) is 37.5 cm³/mol. The lowest BCUT2D eigenvalue weighted by molar-refractivity contribution is -0.118. The van der Waals surface area contributed by atoms with Crippen molar-refractivity contribution in [2.45, 2.75) is 38.8 Å². The van der Waals surface area contributed by atoms with Crippen molar-refractivity contribution >= 4 is 5.78 Å². The van der Waals surface area contributed by atoms with Crippen molar-refractivity contribution in [3.63, 3.8) is 0 Å². The van der Waals surface area contributed by atoms with Crippen molar-refractivity contribution in [3.05, 3.63) is 0 Å². The van der Waals surface area contributed by atoms with Gasteiger partial charge in [-0.3, -0.25) is 4.79 Å². The molecule has 1 atom stereocenters. The van der Waals surface area contributed by atoms with Gasteiger partial charge in [-0.25, -0.2) is 4.39 Å². The van der Waals surface area contributed by atoms with Gasteiger partial charge in [-0.1, -0.05) is 6.42 Å². The second-order valence-electron chi connectivity index (χ2n) is 3.11. The van der Waals surface area contributed by atoms with Crippen LogP contribution in [0.3, 0.4) is 0 Å². The smallest absolute Gasteiger partial charge is 0.132 e. The first-order valence-electron chi connectivity index (χ1n) is 3.83. The van der Waals surface area contributed by atoms with E-state index in [0.29, 0.717) is 0 Å². The summed E-state index contributed by atoms with van der Waals surface area (Å²) in [5.74, 6) is 0.170. The van der Waals surface area contributed by atoms with Crippen LogP contribution in [0.4, 0.5) is 4.39 Å². The Morgan fingerprint density at radius 3 is 2.60 bits per heavy atom. The molecular weight excluding hydrogens is 131 g/mol. The highest BCUT2D eigenvalue weighted by molar-refractivity contribution is 5.76. The molecule has 1 fully saturated rings. The van der Waals surface area contributed by atoms with Gasteiger partial charge in [-0.15, -0.1) is 0 Å². The zero-order valence-corrected chi connectivity index (χ0v) is 6.27. The fraction of sp³-hybridized carbons (Fsp3) is 0.875. The molecule has 2 heteroatoms. The first-order chi connectivity index (χ1) is 4.70. The molecule has 0 N–H and O–H groups in total. The van der Waals surface area contributed by atoms with Gasteiger partial charge in [0, 0.05) is 6.42 Å². The molecule has 0 bridgehead atoms. The number of hydrogen-bond donors (Lipinski definition) is 0. The topological polar surface area (TPSA) is 17.1 Å². The van der Waals surface area contributed by atoms with Gasteiger partial charge in [-0.2, -0.15) is 0 Å². The maximum absolute atomic E-state index is 12.9. The van der Waals surface area contributed by atoms with Crippen LogP contribution in [0.1, 0.15) is 32.6 Å². The van der Waals surface area contributed by atoms with Crippen molar-refractivity contribution in [1.82, 2.24) is 0 Å².